The summed E-state index contributed by atoms with van der Waals surface area (Å²) >= 11 is 3.41. The molecule has 0 atom stereocenters. The lowest BCUT2D eigenvalue weighted by atomic mass is 10.1. The summed E-state index contributed by atoms with van der Waals surface area (Å²) in [5.41, 5.74) is 1.58. The van der Waals surface area contributed by atoms with E-state index in [9.17, 15) is 0 Å². The van der Waals surface area contributed by atoms with E-state index in [0.29, 0.717) is 17.1 Å². The van der Waals surface area contributed by atoms with E-state index in [0.717, 1.165) is 10.0 Å². The summed E-state index contributed by atoms with van der Waals surface area (Å²) in [5, 5.41) is 9.05. The van der Waals surface area contributed by atoms with Crippen LogP contribution in [-0.2, 0) is 0 Å². The Morgan fingerprint density at radius 3 is 2.59 bits per heavy atom. The molecule has 0 spiro atoms. The molecule has 84 valence electrons. The fraction of sp³-hybridized carbons (Fsp3) is 0.0714. The molecule has 0 N–H and O–H groups in total. The number of nitrogens with zero attached hydrogens (tertiary/aromatic N) is 1. The van der Waals surface area contributed by atoms with Gasteiger partial charge >= 0.3 is 0 Å². The highest BCUT2D eigenvalue weighted by Crippen LogP contribution is 2.31. The molecule has 0 aliphatic rings. The SMILES string of the molecule is Cc1ccc(Oc2ccccc2Br)c(C#N)c1. The monoisotopic (exact) mass is 287 g/mol. The third-order valence-corrected chi connectivity index (χ3v) is 2.97. The van der Waals surface area contributed by atoms with E-state index >= 15 is 0 Å². The summed E-state index contributed by atoms with van der Waals surface area (Å²) in [6, 6.07) is 15.2. The Labute approximate surface area is 109 Å². The first-order valence-electron chi connectivity index (χ1n) is 5.14. The molecular formula is C14H10BrNO. The van der Waals surface area contributed by atoms with E-state index in [2.05, 4.69) is 22.0 Å². The highest BCUT2D eigenvalue weighted by atomic mass is 79.9. The molecule has 0 unspecified atom stereocenters. The van der Waals surface area contributed by atoms with Crippen LogP contribution < -0.4 is 4.74 Å². The predicted octanol–water partition coefficient (Wildman–Crippen LogP) is 4.42. The van der Waals surface area contributed by atoms with Gasteiger partial charge in [-0.3, -0.25) is 0 Å². The van der Waals surface area contributed by atoms with Gasteiger partial charge in [-0.25, -0.2) is 0 Å². The van der Waals surface area contributed by atoms with Crippen molar-refractivity contribution in [3.05, 3.63) is 58.1 Å². The average molecular weight is 288 g/mol. The number of halogens is 1. The van der Waals surface area contributed by atoms with Gasteiger partial charge in [-0.05, 0) is 52.7 Å². The Morgan fingerprint density at radius 1 is 1.12 bits per heavy atom. The number of benzene rings is 2. The van der Waals surface area contributed by atoms with Crippen LogP contribution in [0.25, 0.3) is 0 Å². The highest BCUT2D eigenvalue weighted by molar-refractivity contribution is 9.10. The average Bonchev–Trinajstić information content (AvgIpc) is 2.34. The lowest BCUT2D eigenvalue weighted by Crippen LogP contribution is -1.89. The van der Waals surface area contributed by atoms with Crippen molar-refractivity contribution in [3.63, 3.8) is 0 Å². The van der Waals surface area contributed by atoms with Crippen molar-refractivity contribution in [1.82, 2.24) is 0 Å². The van der Waals surface area contributed by atoms with Gasteiger partial charge in [-0.2, -0.15) is 5.26 Å². The molecule has 0 fully saturated rings. The molecule has 0 saturated carbocycles. The highest BCUT2D eigenvalue weighted by Gasteiger charge is 2.06. The van der Waals surface area contributed by atoms with Crippen LogP contribution in [0.15, 0.2) is 46.9 Å². The molecule has 0 aliphatic carbocycles. The Bertz CT molecular complexity index is 587. The van der Waals surface area contributed by atoms with E-state index in [1.54, 1.807) is 0 Å². The smallest absolute Gasteiger partial charge is 0.145 e. The third kappa shape index (κ3) is 2.66. The molecule has 2 nitrogen and oxygen atoms in total. The van der Waals surface area contributed by atoms with E-state index in [1.807, 2.05) is 49.4 Å². The minimum absolute atomic E-state index is 0.542. The van der Waals surface area contributed by atoms with E-state index in [4.69, 9.17) is 10.00 Å². The van der Waals surface area contributed by atoms with Gasteiger partial charge in [0.25, 0.3) is 0 Å². The third-order valence-electron chi connectivity index (χ3n) is 2.31. The van der Waals surface area contributed by atoms with Crippen LogP contribution in [0.5, 0.6) is 11.5 Å². The van der Waals surface area contributed by atoms with Crippen molar-refractivity contribution in [2.24, 2.45) is 0 Å². The Hall–Kier alpha value is -1.79. The second kappa shape index (κ2) is 5.03. The molecule has 0 saturated heterocycles. The molecule has 2 aromatic rings. The first kappa shape index (κ1) is 11.7. The molecule has 0 aromatic heterocycles. The summed E-state index contributed by atoms with van der Waals surface area (Å²) in [4.78, 5) is 0. The number of ether oxygens (including phenoxy) is 1. The van der Waals surface area contributed by atoms with Gasteiger partial charge < -0.3 is 4.74 Å². The lowest BCUT2D eigenvalue weighted by molar-refractivity contribution is 0.478. The zero-order valence-electron chi connectivity index (χ0n) is 9.27. The van der Waals surface area contributed by atoms with Crippen molar-refractivity contribution < 1.29 is 4.74 Å². The number of aryl methyl sites for hydroxylation is 1. The number of para-hydroxylation sites is 1. The summed E-state index contributed by atoms with van der Waals surface area (Å²) in [6.45, 7) is 1.95. The van der Waals surface area contributed by atoms with E-state index < -0.39 is 0 Å². The molecule has 17 heavy (non-hydrogen) atoms. The standard InChI is InChI=1S/C14H10BrNO/c1-10-6-7-13(11(8-10)9-16)17-14-5-3-2-4-12(14)15/h2-8H,1H3. The Balaban J connectivity index is 2.37. The van der Waals surface area contributed by atoms with Crippen LogP contribution in [0.4, 0.5) is 0 Å². The molecule has 2 rings (SSSR count). The van der Waals surface area contributed by atoms with Gasteiger partial charge in [0.2, 0.25) is 0 Å². The van der Waals surface area contributed by atoms with Crippen LogP contribution in [0, 0.1) is 18.3 Å². The maximum atomic E-state index is 9.05. The fourth-order valence-electron chi connectivity index (χ4n) is 1.47. The van der Waals surface area contributed by atoms with Gasteiger partial charge in [-0.15, -0.1) is 0 Å². The zero-order valence-corrected chi connectivity index (χ0v) is 10.9. The second-order valence-corrected chi connectivity index (χ2v) is 4.50. The first-order chi connectivity index (χ1) is 8.20. The van der Waals surface area contributed by atoms with Crippen LogP contribution in [0.3, 0.4) is 0 Å². The topological polar surface area (TPSA) is 33.0 Å². The second-order valence-electron chi connectivity index (χ2n) is 3.64. The minimum Gasteiger partial charge on any atom is -0.455 e. The minimum atomic E-state index is 0.542. The maximum absolute atomic E-state index is 9.05. The van der Waals surface area contributed by atoms with Gasteiger partial charge in [-0.1, -0.05) is 18.2 Å². The quantitative estimate of drug-likeness (QED) is 0.819. The fourth-order valence-corrected chi connectivity index (χ4v) is 1.83. The maximum Gasteiger partial charge on any atom is 0.145 e. The molecule has 3 heteroatoms. The summed E-state index contributed by atoms with van der Waals surface area (Å²) in [5.74, 6) is 1.28. The van der Waals surface area contributed by atoms with Gasteiger partial charge in [0.15, 0.2) is 0 Å². The number of rotatable bonds is 2. The van der Waals surface area contributed by atoms with Crippen molar-refractivity contribution in [2.75, 3.05) is 0 Å². The molecule has 0 bridgehead atoms. The van der Waals surface area contributed by atoms with Crippen molar-refractivity contribution in [1.29, 1.82) is 5.26 Å². The lowest BCUT2D eigenvalue weighted by Gasteiger charge is -2.09. The van der Waals surface area contributed by atoms with Gasteiger partial charge in [0.05, 0.1) is 10.0 Å². The van der Waals surface area contributed by atoms with E-state index in [-0.39, 0.29) is 0 Å². The predicted molar refractivity (Wildman–Crippen MR) is 70.1 cm³/mol. The molecular weight excluding hydrogens is 278 g/mol. The summed E-state index contributed by atoms with van der Waals surface area (Å²) < 4.78 is 6.58. The normalized spacial score (nSPS) is 9.71. The Morgan fingerprint density at radius 2 is 1.88 bits per heavy atom. The molecule has 0 radical (unpaired) electrons. The van der Waals surface area contributed by atoms with Crippen LogP contribution in [-0.4, -0.2) is 0 Å². The number of hydrogen-bond donors (Lipinski definition) is 0. The molecule has 0 aliphatic heterocycles. The summed E-state index contributed by atoms with van der Waals surface area (Å²) in [7, 11) is 0. The molecule has 0 amide bonds. The first-order valence-corrected chi connectivity index (χ1v) is 5.93. The molecule has 0 heterocycles. The van der Waals surface area contributed by atoms with Crippen LogP contribution >= 0.6 is 15.9 Å². The van der Waals surface area contributed by atoms with Crippen molar-refractivity contribution in [2.45, 2.75) is 6.92 Å². The van der Waals surface area contributed by atoms with Gasteiger partial charge in [0, 0.05) is 0 Å². The van der Waals surface area contributed by atoms with Gasteiger partial charge in [0.1, 0.15) is 17.6 Å². The Kier molecular flexibility index (Phi) is 3.46. The van der Waals surface area contributed by atoms with Crippen LogP contribution in [0.1, 0.15) is 11.1 Å². The zero-order chi connectivity index (χ0) is 12.3. The van der Waals surface area contributed by atoms with Crippen molar-refractivity contribution >= 4 is 15.9 Å². The number of nitriles is 1. The van der Waals surface area contributed by atoms with E-state index in [1.165, 1.54) is 0 Å². The summed E-state index contributed by atoms with van der Waals surface area (Å²) in [6.07, 6.45) is 0. The van der Waals surface area contributed by atoms with Crippen LogP contribution in [0.2, 0.25) is 0 Å². The number of hydrogen-bond acceptors (Lipinski definition) is 2. The largest absolute Gasteiger partial charge is 0.455 e. The molecule has 2 aromatic carbocycles. The van der Waals surface area contributed by atoms with Crippen molar-refractivity contribution in [3.8, 4) is 17.6 Å².